The van der Waals surface area contributed by atoms with Crippen molar-refractivity contribution < 1.29 is 4.79 Å². The maximum absolute atomic E-state index is 11.0. The first-order valence-corrected chi connectivity index (χ1v) is 6.69. The molecule has 0 aliphatic rings. The van der Waals surface area contributed by atoms with Crippen LogP contribution in [0.1, 0.15) is 21.5 Å². The molecule has 0 spiro atoms. The summed E-state index contributed by atoms with van der Waals surface area (Å²) in [5.74, 6) is 0.399. The number of carbonyl (C=O) groups is 1. The lowest BCUT2D eigenvalue weighted by Gasteiger charge is -2.11. The highest BCUT2D eigenvalue weighted by molar-refractivity contribution is 9.10. The second kappa shape index (κ2) is 5.67. The summed E-state index contributed by atoms with van der Waals surface area (Å²) in [4.78, 5) is 18.8. The summed E-state index contributed by atoms with van der Waals surface area (Å²) in [6, 6.07) is 3.92. The molecule has 0 amide bonds. The quantitative estimate of drug-likeness (QED) is 0.676. The van der Waals surface area contributed by atoms with Crippen LogP contribution in [-0.4, -0.2) is 16.3 Å². The molecule has 1 aromatic carbocycles. The molecule has 98 valence electrons. The minimum absolute atomic E-state index is 0.137. The fourth-order valence-electron chi connectivity index (χ4n) is 1.73. The first kappa shape index (κ1) is 14.0. The van der Waals surface area contributed by atoms with E-state index in [0.29, 0.717) is 12.1 Å². The highest BCUT2D eigenvalue weighted by Gasteiger charge is 2.10. The number of nitrogens with zero attached hydrogens (tertiary/aromatic N) is 2. The van der Waals surface area contributed by atoms with E-state index in [9.17, 15) is 4.79 Å². The molecule has 2 aromatic rings. The van der Waals surface area contributed by atoms with Crippen molar-refractivity contribution in [1.82, 2.24) is 9.97 Å². The Morgan fingerprint density at radius 3 is 2.47 bits per heavy atom. The van der Waals surface area contributed by atoms with E-state index < -0.39 is 0 Å². The number of aryl methyl sites for hydroxylation is 2. The Labute approximate surface area is 124 Å². The van der Waals surface area contributed by atoms with Gasteiger partial charge in [0, 0.05) is 10.2 Å². The molecule has 0 unspecified atom stereocenters. The van der Waals surface area contributed by atoms with Gasteiger partial charge in [-0.25, -0.2) is 9.97 Å². The molecule has 0 saturated heterocycles. The van der Waals surface area contributed by atoms with Gasteiger partial charge in [-0.1, -0.05) is 27.5 Å². The Hall–Kier alpha value is -1.46. The zero-order chi connectivity index (χ0) is 14.0. The second-order valence-corrected chi connectivity index (χ2v) is 5.24. The minimum atomic E-state index is 0.137. The SMILES string of the molecule is Cc1cc(Nc2ncnc(Cl)c2C=O)cc(C)c1Br. The van der Waals surface area contributed by atoms with Crippen LogP contribution in [0.3, 0.4) is 0 Å². The Morgan fingerprint density at radius 1 is 1.26 bits per heavy atom. The molecular formula is C13H11BrClN3O. The lowest BCUT2D eigenvalue weighted by molar-refractivity contribution is 0.112. The summed E-state index contributed by atoms with van der Waals surface area (Å²) < 4.78 is 1.06. The summed E-state index contributed by atoms with van der Waals surface area (Å²) in [5, 5.41) is 3.22. The summed E-state index contributed by atoms with van der Waals surface area (Å²) in [6.45, 7) is 3.99. The van der Waals surface area contributed by atoms with Crippen molar-refractivity contribution in [3.63, 3.8) is 0 Å². The van der Waals surface area contributed by atoms with Crippen LogP contribution in [0.15, 0.2) is 22.9 Å². The monoisotopic (exact) mass is 339 g/mol. The molecule has 4 nitrogen and oxygen atoms in total. The lowest BCUT2D eigenvalue weighted by Crippen LogP contribution is -2.01. The smallest absolute Gasteiger partial charge is 0.156 e. The number of nitrogens with one attached hydrogen (secondary N) is 1. The first-order valence-electron chi connectivity index (χ1n) is 5.52. The van der Waals surface area contributed by atoms with Crippen molar-refractivity contribution in [2.75, 3.05) is 5.32 Å². The van der Waals surface area contributed by atoms with Crippen molar-refractivity contribution in [3.8, 4) is 0 Å². The maximum atomic E-state index is 11.0. The highest BCUT2D eigenvalue weighted by atomic mass is 79.9. The van der Waals surface area contributed by atoms with Crippen LogP contribution >= 0.6 is 27.5 Å². The maximum Gasteiger partial charge on any atom is 0.156 e. The molecule has 0 aliphatic heterocycles. The average Bonchev–Trinajstić information content (AvgIpc) is 2.36. The number of aldehydes is 1. The lowest BCUT2D eigenvalue weighted by atomic mass is 10.1. The first-order chi connectivity index (χ1) is 9.02. The van der Waals surface area contributed by atoms with Gasteiger partial charge < -0.3 is 5.32 Å². The van der Waals surface area contributed by atoms with E-state index in [4.69, 9.17) is 11.6 Å². The summed E-state index contributed by atoms with van der Waals surface area (Å²) in [7, 11) is 0. The van der Waals surface area contributed by atoms with Crippen LogP contribution in [0.5, 0.6) is 0 Å². The standard InChI is InChI=1S/C13H11BrClN3O/c1-7-3-9(4-8(2)11(7)14)18-13-10(5-19)12(15)16-6-17-13/h3-6H,1-2H3,(H,16,17,18). The third-order valence-corrected chi connectivity index (χ3v) is 4.20. The Balaban J connectivity index is 2.42. The van der Waals surface area contributed by atoms with E-state index in [2.05, 4.69) is 31.2 Å². The fourth-order valence-corrected chi connectivity index (χ4v) is 2.14. The molecule has 0 saturated carbocycles. The van der Waals surface area contributed by atoms with Crippen LogP contribution in [0, 0.1) is 13.8 Å². The van der Waals surface area contributed by atoms with Gasteiger partial charge in [0.05, 0.1) is 5.56 Å². The third kappa shape index (κ3) is 2.93. The van der Waals surface area contributed by atoms with E-state index in [1.54, 1.807) is 0 Å². The fraction of sp³-hybridized carbons (Fsp3) is 0.154. The van der Waals surface area contributed by atoms with Gasteiger partial charge >= 0.3 is 0 Å². The van der Waals surface area contributed by atoms with Gasteiger partial charge in [-0.05, 0) is 37.1 Å². The van der Waals surface area contributed by atoms with Gasteiger partial charge in [-0.2, -0.15) is 0 Å². The Bertz CT molecular complexity index is 623. The van der Waals surface area contributed by atoms with Gasteiger partial charge in [-0.3, -0.25) is 4.79 Å². The number of hydrogen-bond donors (Lipinski definition) is 1. The Morgan fingerprint density at radius 2 is 1.89 bits per heavy atom. The van der Waals surface area contributed by atoms with E-state index in [1.807, 2.05) is 26.0 Å². The molecule has 0 atom stereocenters. The molecule has 6 heteroatoms. The molecule has 19 heavy (non-hydrogen) atoms. The number of anilines is 2. The zero-order valence-corrected chi connectivity index (χ0v) is 12.7. The molecule has 1 heterocycles. The normalized spacial score (nSPS) is 10.3. The van der Waals surface area contributed by atoms with E-state index in [-0.39, 0.29) is 10.7 Å². The van der Waals surface area contributed by atoms with Crippen LogP contribution in [-0.2, 0) is 0 Å². The molecule has 1 aromatic heterocycles. The molecule has 0 aliphatic carbocycles. The van der Waals surface area contributed by atoms with Crippen LogP contribution < -0.4 is 5.32 Å². The number of benzene rings is 1. The largest absolute Gasteiger partial charge is 0.339 e. The van der Waals surface area contributed by atoms with Crippen molar-refractivity contribution in [1.29, 1.82) is 0 Å². The van der Waals surface area contributed by atoms with Crippen molar-refractivity contribution >= 4 is 45.3 Å². The highest BCUT2D eigenvalue weighted by Crippen LogP contribution is 2.28. The molecule has 0 bridgehead atoms. The minimum Gasteiger partial charge on any atom is -0.339 e. The van der Waals surface area contributed by atoms with Gasteiger partial charge in [0.25, 0.3) is 0 Å². The number of aromatic nitrogens is 2. The zero-order valence-electron chi connectivity index (χ0n) is 10.4. The number of halogens is 2. The molecule has 2 rings (SSSR count). The topological polar surface area (TPSA) is 54.9 Å². The average molecular weight is 341 g/mol. The van der Waals surface area contributed by atoms with Gasteiger partial charge in [0.2, 0.25) is 0 Å². The molecule has 0 fully saturated rings. The molecular weight excluding hydrogens is 330 g/mol. The second-order valence-electron chi connectivity index (χ2n) is 4.09. The molecule has 0 radical (unpaired) electrons. The number of hydrogen-bond acceptors (Lipinski definition) is 4. The number of carbonyl (C=O) groups excluding carboxylic acids is 1. The summed E-state index contributed by atoms with van der Waals surface area (Å²) in [5.41, 5.74) is 3.28. The summed E-state index contributed by atoms with van der Waals surface area (Å²) >= 11 is 9.36. The summed E-state index contributed by atoms with van der Waals surface area (Å²) in [6.07, 6.45) is 1.96. The van der Waals surface area contributed by atoms with Gasteiger partial charge in [0.15, 0.2) is 6.29 Å². The van der Waals surface area contributed by atoms with Crippen LogP contribution in [0.2, 0.25) is 5.15 Å². The van der Waals surface area contributed by atoms with Gasteiger partial charge in [0.1, 0.15) is 17.3 Å². The van der Waals surface area contributed by atoms with E-state index in [0.717, 1.165) is 21.3 Å². The van der Waals surface area contributed by atoms with E-state index >= 15 is 0 Å². The van der Waals surface area contributed by atoms with Crippen LogP contribution in [0.25, 0.3) is 0 Å². The molecule has 1 N–H and O–H groups in total. The van der Waals surface area contributed by atoms with Crippen molar-refractivity contribution in [3.05, 3.63) is 44.8 Å². The van der Waals surface area contributed by atoms with Crippen molar-refractivity contribution in [2.45, 2.75) is 13.8 Å². The predicted octanol–water partition coefficient (Wildman–Crippen LogP) is 4.07. The van der Waals surface area contributed by atoms with Crippen molar-refractivity contribution in [2.24, 2.45) is 0 Å². The van der Waals surface area contributed by atoms with Gasteiger partial charge in [-0.15, -0.1) is 0 Å². The predicted molar refractivity (Wildman–Crippen MR) is 79.3 cm³/mol. The Kier molecular flexibility index (Phi) is 4.17. The third-order valence-electron chi connectivity index (χ3n) is 2.65. The number of rotatable bonds is 3. The van der Waals surface area contributed by atoms with Crippen LogP contribution in [0.4, 0.5) is 11.5 Å². The van der Waals surface area contributed by atoms with E-state index in [1.165, 1.54) is 6.33 Å².